The molecule has 0 aromatic heterocycles. The summed E-state index contributed by atoms with van der Waals surface area (Å²) in [6.07, 6.45) is 0. The van der Waals surface area contributed by atoms with Crippen LogP contribution in [0.1, 0.15) is 24.2 Å². The van der Waals surface area contributed by atoms with Crippen molar-refractivity contribution >= 4 is 23.4 Å². The van der Waals surface area contributed by atoms with Gasteiger partial charge in [0.2, 0.25) is 11.8 Å². The lowest BCUT2D eigenvalue weighted by Crippen LogP contribution is -2.50. The number of para-hydroxylation sites is 1. The van der Waals surface area contributed by atoms with Gasteiger partial charge in [-0.05, 0) is 26.0 Å². The number of hydrogen-bond acceptors (Lipinski definition) is 4. The average molecular weight is 278 g/mol. The number of nitrogens with one attached hydrogen (secondary N) is 2. The van der Waals surface area contributed by atoms with Crippen LogP contribution in [0.15, 0.2) is 24.3 Å². The number of nitrogens with two attached hydrogens (primary N) is 2. The molecule has 0 unspecified atom stereocenters. The molecule has 108 valence electrons. The minimum atomic E-state index is -0.816. The van der Waals surface area contributed by atoms with Gasteiger partial charge < -0.3 is 22.1 Å². The van der Waals surface area contributed by atoms with Gasteiger partial charge in [0.05, 0.1) is 5.56 Å². The van der Waals surface area contributed by atoms with E-state index in [0.717, 1.165) is 0 Å². The fourth-order valence-electron chi connectivity index (χ4n) is 1.45. The molecular weight excluding hydrogens is 260 g/mol. The summed E-state index contributed by atoms with van der Waals surface area (Å²) in [4.78, 5) is 34.5. The third-order valence-corrected chi connectivity index (χ3v) is 2.73. The summed E-state index contributed by atoms with van der Waals surface area (Å²) in [5.41, 5.74) is 11.3. The zero-order valence-corrected chi connectivity index (χ0v) is 11.3. The number of nitrogen functional groups attached to an aromatic ring is 1. The average Bonchev–Trinajstić information content (AvgIpc) is 2.38. The Morgan fingerprint density at radius 3 is 2.20 bits per heavy atom. The number of amides is 3. The molecule has 1 rings (SSSR count). The first kappa shape index (κ1) is 15.5. The Bertz CT molecular complexity index is 530. The second kappa shape index (κ2) is 6.55. The minimum Gasteiger partial charge on any atom is -0.398 e. The van der Waals surface area contributed by atoms with Crippen LogP contribution in [0.4, 0.5) is 5.69 Å². The van der Waals surface area contributed by atoms with Crippen LogP contribution in [0.3, 0.4) is 0 Å². The van der Waals surface area contributed by atoms with E-state index in [4.69, 9.17) is 11.5 Å². The molecule has 6 N–H and O–H groups in total. The van der Waals surface area contributed by atoms with Gasteiger partial charge in [-0.2, -0.15) is 0 Å². The summed E-state index contributed by atoms with van der Waals surface area (Å²) in [6.45, 7) is 2.96. The molecule has 0 spiro atoms. The van der Waals surface area contributed by atoms with E-state index in [2.05, 4.69) is 10.6 Å². The summed E-state index contributed by atoms with van der Waals surface area (Å²) < 4.78 is 0. The summed E-state index contributed by atoms with van der Waals surface area (Å²) in [5, 5.41) is 4.89. The van der Waals surface area contributed by atoms with Crippen LogP contribution in [0.5, 0.6) is 0 Å². The van der Waals surface area contributed by atoms with Crippen molar-refractivity contribution in [3.8, 4) is 0 Å². The smallest absolute Gasteiger partial charge is 0.254 e. The molecule has 0 radical (unpaired) electrons. The zero-order valence-electron chi connectivity index (χ0n) is 11.3. The third-order valence-electron chi connectivity index (χ3n) is 2.73. The Labute approximate surface area is 116 Å². The van der Waals surface area contributed by atoms with Gasteiger partial charge >= 0.3 is 0 Å². The highest BCUT2D eigenvalue weighted by atomic mass is 16.2. The quantitative estimate of drug-likeness (QED) is 0.535. The Hall–Kier alpha value is -2.57. The van der Waals surface area contributed by atoms with Crippen molar-refractivity contribution in [3.05, 3.63) is 29.8 Å². The fourth-order valence-corrected chi connectivity index (χ4v) is 1.45. The standard InChI is InChI=1S/C13H18N4O3/c1-7(11(15)18)16-12(19)8(2)17-13(20)9-5-3-4-6-10(9)14/h3-8H,14H2,1-2H3,(H2,15,18)(H,16,19)(H,17,20)/t7-,8-/m0/s1. The number of primary amides is 1. The molecule has 0 aliphatic heterocycles. The molecule has 3 amide bonds. The lowest BCUT2D eigenvalue weighted by molar-refractivity contribution is -0.127. The number of carbonyl (C=O) groups is 3. The van der Waals surface area contributed by atoms with Gasteiger partial charge in [-0.1, -0.05) is 12.1 Å². The molecule has 0 saturated heterocycles. The van der Waals surface area contributed by atoms with Gasteiger partial charge in [-0.25, -0.2) is 0 Å². The number of anilines is 1. The van der Waals surface area contributed by atoms with Gasteiger partial charge in [0.15, 0.2) is 0 Å². The highest BCUT2D eigenvalue weighted by molar-refractivity contribution is 6.01. The van der Waals surface area contributed by atoms with E-state index >= 15 is 0 Å². The van der Waals surface area contributed by atoms with Crippen LogP contribution in [0.2, 0.25) is 0 Å². The first-order valence-corrected chi connectivity index (χ1v) is 6.08. The monoisotopic (exact) mass is 278 g/mol. The van der Waals surface area contributed by atoms with Crippen molar-refractivity contribution in [3.63, 3.8) is 0 Å². The van der Waals surface area contributed by atoms with Crippen LogP contribution in [-0.2, 0) is 9.59 Å². The molecule has 0 aliphatic carbocycles. The fraction of sp³-hybridized carbons (Fsp3) is 0.308. The summed E-state index contributed by atoms with van der Waals surface area (Å²) in [6, 6.07) is 4.91. The topological polar surface area (TPSA) is 127 Å². The van der Waals surface area contributed by atoms with Crippen LogP contribution < -0.4 is 22.1 Å². The van der Waals surface area contributed by atoms with Gasteiger partial charge in [0.25, 0.3) is 5.91 Å². The molecule has 1 aromatic carbocycles. The van der Waals surface area contributed by atoms with E-state index in [1.807, 2.05) is 0 Å². The maximum atomic E-state index is 11.9. The molecule has 0 bridgehead atoms. The van der Waals surface area contributed by atoms with Crippen LogP contribution in [0, 0.1) is 0 Å². The van der Waals surface area contributed by atoms with Crippen molar-refractivity contribution in [2.45, 2.75) is 25.9 Å². The van der Waals surface area contributed by atoms with Crippen LogP contribution in [0.25, 0.3) is 0 Å². The molecular formula is C13H18N4O3. The predicted octanol–water partition coefficient (Wildman–Crippen LogP) is -0.623. The highest BCUT2D eigenvalue weighted by Gasteiger charge is 2.20. The second-order valence-corrected chi connectivity index (χ2v) is 4.42. The molecule has 7 nitrogen and oxygen atoms in total. The zero-order chi connectivity index (χ0) is 15.3. The maximum absolute atomic E-state index is 11.9. The molecule has 2 atom stereocenters. The Kier molecular flexibility index (Phi) is 5.08. The van der Waals surface area contributed by atoms with Crippen molar-refractivity contribution < 1.29 is 14.4 Å². The summed E-state index contributed by atoms with van der Waals surface area (Å²) >= 11 is 0. The molecule has 1 aromatic rings. The van der Waals surface area contributed by atoms with E-state index in [-0.39, 0.29) is 5.56 Å². The lowest BCUT2D eigenvalue weighted by atomic mass is 10.1. The van der Waals surface area contributed by atoms with E-state index in [9.17, 15) is 14.4 Å². The summed E-state index contributed by atoms with van der Waals surface area (Å²) in [7, 11) is 0. The number of hydrogen-bond donors (Lipinski definition) is 4. The largest absolute Gasteiger partial charge is 0.398 e. The van der Waals surface area contributed by atoms with Gasteiger partial charge in [-0.15, -0.1) is 0 Å². The van der Waals surface area contributed by atoms with Crippen molar-refractivity contribution in [1.29, 1.82) is 0 Å². The van der Waals surface area contributed by atoms with Crippen molar-refractivity contribution in [1.82, 2.24) is 10.6 Å². The SMILES string of the molecule is C[C@H](NC(=O)[C@H](C)NC(=O)c1ccccc1N)C(N)=O. The first-order chi connectivity index (χ1) is 9.32. The lowest BCUT2D eigenvalue weighted by Gasteiger charge is -2.17. The molecule has 0 heterocycles. The Morgan fingerprint density at radius 2 is 1.65 bits per heavy atom. The van der Waals surface area contributed by atoms with Gasteiger partial charge in [0.1, 0.15) is 12.1 Å². The molecule has 0 aliphatic rings. The molecule has 20 heavy (non-hydrogen) atoms. The minimum absolute atomic E-state index is 0.287. The highest BCUT2D eigenvalue weighted by Crippen LogP contribution is 2.10. The van der Waals surface area contributed by atoms with E-state index in [1.165, 1.54) is 13.8 Å². The number of benzene rings is 1. The molecule has 0 saturated carbocycles. The maximum Gasteiger partial charge on any atom is 0.254 e. The molecule has 7 heteroatoms. The third kappa shape index (κ3) is 3.98. The number of carbonyl (C=O) groups excluding carboxylic acids is 3. The van der Waals surface area contributed by atoms with Crippen LogP contribution >= 0.6 is 0 Å². The van der Waals surface area contributed by atoms with Crippen molar-refractivity contribution in [2.75, 3.05) is 5.73 Å². The predicted molar refractivity (Wildman–Crippen MR) is 74.6 cm³/mol. The van der Waals surface area contributed by atoms with Gasteiger partial charge in [-0.3, -0.25) is 14.4 Å². The van der Waals surface area contributed by atoms with E-state index in [0.29, 0.717) is 5.69 Å². The molecule has 0 fully saturated rings. The normalized spacial score (nSPS) is 13.1. The first-order valence-electron chi connectivity index (χ1n) is 6.08. The van der Waals surface area contributed by atoms with Gasteiger partial charge in [0, 0.05) is 5.69 Å². The number of rotatable bonds is 5. The van der Waals surface area contributed by atoms with Crippen LogP contribution in [-0.4, -0.2) is 29.8 Å². The summed E-state index contributed by atoms with van der Waals surface area (Å²) in [5.74, 6) is -1.61. The van der Waals surface area contributed by atoms with Crippen molar-refractivity contribution in [2.24, 2.45) is 5.73 Å². The Balaban J connectivity index is 2.64. The Morgan fingerprint density at radius 1 is 1.05 bits per heavy atom. The van der Waals surface area contributed by atoms with E-state index in [1.54, 1.807) is 24.3 Å². The second-order valence-electron chi connectivity index (χ2n) is 4.42. The van der Waals surface area contributed by atoms with E-state index < -0.39 is 29.8 Å².